The molecule has 2 aromatic carbocycles. The van der Waals surface area contributed by atoms with Crippen molar-refractivity contribution in [2.75, 3.05) is 6.54 Å². The van der Waals surface area contributed by atoms with Gasteiger partial charge in [0.1, 0.15) is 0 Å². The number of benzene rings is 2. The van der Waals surface area contributed by atoms with E-state index in [1.165, 1.54) is 5.56 Å². The number of piperidine rings is 1. The van der Waals surface area contributed by atoms with Gasteiger partial charge in [0.15, 0.2) is 0 Å². The van der Waals surface area contributed by atoms with Crippen LogP contribution in [-0.2, 0) is 11.2 Å². The van der Waals surface area contributed by atoms with E-state index < -0.39 is 5.97 Å². The zero-order chi connectivity index (χ0) is 26.5. The van der Waals surface area contributed by atoms with Crippen molar-refractivity contribution in [2.45, 2.75) is 63.8 Å². The van der Waals surface area contributed by atoms with Gasteiger partial charge in [-0.05, 0) is 86.8 Å². The van der Waals surface area contributed by atoms with Crippen molar-refractivity contribution in [2.24, 2.45) is 0 Å². The highest BCUT2D eigenvalue weighted by Gasteiger charge is 2.29. The molecule has 1 atom stereocenters. The lowest BCUT2D eigenvalue weighted by Crippen LogP contribution is -2.38. The van der Waals surface area contributed by atoms with Crippen LogP contribution in [0.4, 0.5) is 0 Å². The summed E-state index contributed by atoms with van der Waals surface area (Å²) < 4.78 is 0. The number of carboxylic acid groups (broad SMARTS) is 1. The number of amides is 1. The molecular weight excluding hydrogens is 498 g/mol. The number of likely N-dealkylation sites (tertiary alicyclic amines) is 1. The van der Waals surface area contributed by atoms with Gasteiger partial charge in [0, 0.05) is 23.6 Å². The molecule has 0 bridgehead atoms. The van der Waals surface area contributed by atoms with Gasteiger partial charge in [-0.15, -0.1) is 0 Å². The third-order valence-corrected chi connectivity index (χ3v) is 7.70. The maximum atomic E-state index is 13.7. The van der Waals surface area contributed by atoms with Crippen LogP contribution >= 0.6 is 11.6 Å². The number of allylic oxidation sites excluding steroid dienone is 4. The number of hydrogen-bond acceptors (Lipinski definition) is 4. The molecule has 1 aromatic heterocycles. The summed E-state index contributed by atoms with van der Waals surface area (Å²) in [6.45, 7) is 0.736. The van der Waals surface area contributed by atoms with Crippen LogP contribution in [0.25, 0.3) is 16.6 Å². The molecule has 196 valence electrons. The van der Waals surface area contributed by atoms with E-state index in [0.29, 0.717) is 30.3 Å². The Balaban J connectivity index is 1.46. The lowest BCUT2D eigenvalue weighted by atomic mass is 9.94. The molecule has 7 heteroatoms. The second-order valence-electron chi connectivity index (χ2n) is 10.0. The molecule has 2 aliphatic rings. The van der Waals surface area contributed by atoms with E-state index >= 15 is 0 Å². The van der Waals surface area contributed by atoms with E-state index in [4.69, 9.17) is 26.7 Å². The Morgan fingerprint density at radius 2 is 1.82 bits per heavy atom. The molecule has 1 saturated heterocycles. The van der Waals surface area contributed by atoms with Crippen LogP contribution in [0.3, 0.4) is 0 Å². The summed E-state index contributed by atoms with van der Waals surface area (Å²) >= 11 is 6.19. The third-order valence-electron chi connectivity index (χ3n) is 7.39. The van der Waals surface area contributed by atoms with E-state index in [0.717, 1.165) is 66.2 Å². The standard InChI is InChI=1S/C31H32ClN3O3/c32-24-16-13-22(14-17-24)30-26(10-4-5-12-29(36)37)33-27-20-23(15-18-25(27)34-30)31(38)35-19-7-6-11-28(35)21-8-2-1-3-9-21/h1-3,8-9,13,15-16,18,20,28H,4-7,10-12,14,17,19H2,(H,36,37). The highest BCUT2D eigenvalue weighted by molar-refractivity contribution is 6.29. The first kappa shape index (κ1) is 26.1. The van der Waals surface area contributed by atoms with Gasteiger partial charge >= 0.3 is 5.97 Å². The molecule has 1 fully saturated rings. The fraction of sp³-hybridized carbons (Fsp3) is 0.355. The second kappa shape index (κ2) is 11.9. The Kier molecular flexibility index (Phi) is 8.18. The van der Waals surface area contributed by atoms with Crippen molar-refractivity contribution in [3.05, 3.63) is 88.2 Å². The highest BCUT2D eigenvalue weighted by Crippen LogP contribution is 2.33. The van der Waals surface area contributed by atoms with Gasteiger partial charge in [0.2, 0.25) is 0 Å². The molecular formula is C31H32ClN3O3. The van der Waals surface area contributed by atoms with E-state index in [1.807, 2.05) is 53.5 Å². The SMILES string of the molecule is O=C(O)CCCCc1nc2cc(C(=O)N3CCCCC3c3ccccc3)ccc2nc1C1=CC=C(Cl)CC1. The normalized spacial score (nSPS) is 17.7. The van der Waals surface area contributed by atoms with Crippen molar-refractivity contribution < 1.29 is 14.7 Å². The number of halogens is 1. The molecule has 0 saturated carbocycles. The molecule has 0 radical (unpaired) electrons. The summed E-state index contributed by atoms with van der Waals surface area (Å²) in [6.07, 6.45) is 10.6. The Morgan fingerprint density at radius 3 is 2.58 bits per heavy atom. The highest BCUT2D eigenvalue weighted by atomic mass is 35.5. The fourth-order valence-corrected chi connectivity index (χ4v) is 5.55. The lowest BCUT2D eigenvalue weighted by Gasteiger charge is -2.36. The zero-order valence-corrected chi connectivity index (χ0v) is 22.2. The minimum Gasteiger partial charge on any atom is -0.481 e. The quantitative estimate of drug-likeness (QED) is 0.315. The molecule has 1 amide bonds. The van der Waals surface area contributed by atoms with E-state index in [-0.39, 0.29) is 18.4 Å². The summed E-state index contributed by atoms with van der Waals surface area (Å²) in [7, 11) is 0. The molecule has 1 unspecified atom stereocenters. The van der Waals surface area contributed by atoms with Crippen molar-refractivity contribution in [1.82, 2.24) is 14.9 Å². The Bertz CT molecular complexity index is 1400. The van der Waals surface area contributed by atoms with Crippen LogP contribution in [0.2, 0.25) is 0 Å². The Morgan fingerprint density at radius 1 is 0.974 bits per heavy atom. The van der Waals surface area contributed by atoms with Gasteiger partial charge in [-0.3, -0.25) is 9.59 Å². The van der Waals surface area contributed by atoms with Gasteiger partial charge in [-0.25, -0.2) is 9.97 Å². The van der Waals surface area contributed by atoms with Crippen LogP contribution in [-0.4, -0.2) is 38.4 Å². The van der Waals surface area contributed by atoms with Gasteiger partial charge in [-0.1, -0.05) is 48.0 Å². The van der Waals surface area contributed by atoms with E-state index in [9.17, 15) is 9.59 Å². The van der Waals surface area contributed by atoms with Crippen molar-refractivity contribution in [3.8, 4) is 0 Å². The lowest BCUT2D eigenvalue weighted by molar-refractivity contribution is -0.137. The van der Waals surface area contributed by atoms with Crippen molar-refractivity contribution in [3.63, 3.8) is 0 Å². The molecule has 1 aliphatic heterocycles. The number of aryl methyl sites for hydroxylation is 1. The van der Waals surface area contributed by atoms with Crippen LogP contribution in [0.1, 0.15) is 84.7 Å². The predicted molar refractivity (Wildman–Crippen MR) is 150 cm³/mol. The number of fused-ring (bicyclic) bond motifs is 1. The molecule has 1 aliphatic carbocycles. The van der Waals surface area contributed by atoms with E-state index in [1.54, 1.807) is 0 Å². The third kappa shape index (κ3) is 5.97. The fourth-order valence-electron chi connectivity index (χ4n) is 5.40. The predicted octanol–water partition coefficient (Wildman–Crippen LogP) is 7.09. The molecule has 3 aromatic rings. The minimum absolute atomic E-state index is 0.0177. The summed E-state index contributed by atoms with van der Waals surface area (Å²) in [5.41, 5.74) is 5.97. The summed E-state index contributed by atoms with van der Waals surface area (Å²) in [6, 6.07) is 15.9. The monoisotopic (exact) mass is 529 g/mol. The number of aromatic nitrogens is 2. The number of aliphatic carboxylic acids is 1. The first-order chi connectivity index (χ1) is 18.5. The number of nitrogens with zero attached hydrogens (tertiary/aromatic N) is 3. The number of carbonyl (C=O) groups excluding carboxylic acids is 1. The van der Waals surface area contributed by atoms with Crippen LogP contribution in [0.15, 0.2) is 65.7 Å². The van der Waals surface area contributed by atoms with Gasteiger partial charge in [-0.2, -0.15) is 0 Å². The van der Waals surface area contributed by atoms with Crippen LogP contribution < -0.4 is 0 Å². The molecule has 2 heterocycles. The van der Waals surface area contributed by atoms with Gasteiger partial charge in [0.25, 0.3) is 5.91 Å². The van der Waals surface area contributed by atoms with Crippen molar-refractivity contribution >= 4 is 40.1 Å². The first-order valence-electron chi connectivity index (χ1n) is 13.4. The molecule has 38 heavy (non-hydrogen) atoms. The number of hydrogen-bond donors (Lipinski definition) is 1. The molecule has 1 N–H and O–H groups in total. The maximum Gasteiger partial charge on any atom is 0.303 e. The molecule has 6 nitrogen and oxygen atoms in total. The summed E-state index contributed by atoms with van der Waals surface area (Å²) in [5.74, 6) is -0.775. The van der Waals surface area contributed by atoms with Gasteiger partial charge in [0.05, 0.1) is 28.5 Å². The Labute approximate surface area is 228 Å². The minimum atomic E-state index is -0.792. The van der Waals surface area contributed by atoms with Crippen LogP contribution in [0, 0.1) is 0 Å². The average Bonchev–Trinajstić information content (AvgIpc) is 2.95. The molecule has 0 spiro atoms. The average molecular weight is 530 g/mol. The largest absolute Gasteiger partial charge is 0.481 e. The second-order valence-corrected chi connectivity index (χ2v) is 10.5. The molecule has 5 rings (SSSR count). The number of carbonyl (C=O) groups is 2. The maximum absolute atomic E-state index is 13.7. The number of carboxylic acids is 1. The zero-order valence-electron chi connectivity index (χ0n) is 21.4. The van der Waals surface area contributed by atoms with E-state index in [2.05, 4.69) is 12.1 Å². The summed E-state index contributed by atoms with van der Waals surface area (Å²) in [5, 5.41) is 9.84. The van der Waals surface area contributed by atoms with Crippen molar-refractivity contribution in [1.29, 1.82) is 0 Å². The number of unbranched alkanes of at least 4 members (excludes halogenated alkanes) is 1. The Hall–Kier alpha value is -3.51. The number of rotatable bonds is 8. The summed E-state index contributed by atoms with van der Waals surface area (Å²) in [4.78, 5) is 36.7. The van der Waals surface area contributed by atoms with Crippen LogP contribution in [0.5, 0.6) is 0 Å². The smallest absolute Gasteiger partial charge is 0.303 e. The topological polar surface area (TPSA) is 83.4 Å². The van der Waals surface area contributed by atoms with Gasteiger partial charge < -0.3 is 10.0 Å². The first-order valence-corrected chi connectivity index (χ1v) is 13.8.